The van der Waals surface area contributed by atoms with Crippen molar-refractivity contribution in [3.63, 3.8) is 0 Å². The summed E-state index contributed by atoms with van der Waals surface area (Å²) < 4.78 is 0. The first-order chi connectivity index (χ1) is 10.1. The second-order valence-electron chi connectivity index (χ2n) is 4.51. The molecule has 2 rings (SSSR count). The number of hydrogen-bond acceptors (Lipinski definition) is 4. The van der Waals surface area contributed by atoms with Gasteiger partial charge in [0.05, 0.1) is 5.75 Å². The van der Waals surface area contributed by atoms with Crippen LogP contribution in [0.4, 0.5) is 11.4 Å². The maximum Gasteiger partial charge on any atom is 0.221 e. The first-order valence-corrected chi connectivity index (χ1v) is 7.43. The molecule has 0 bridgehead atoms. The van der Waals surface area contributed by atoms with Gasteiger partial charge in [-0.2, -0.15) is 0 Å². The number of amides is 1. The fourth-order valence-corrected chi connectivity index (χ4v) is 2.64. The van der Waals surface area contributed by atoms with Gasteiger partial charge in [0, 0.05) is 28.8 Å². The van der Waals surface area contributed by atoms with E-state index in [-0.39, 0.29) is 11.7 Å². The second kappa shape index (κ2) is 6.95. The average Bonchev–Trinajstić information content (AvgIpc) is 2.46. The molecule has 2 aromatic carbocycles. The zero-order valence-corrected chi connectivity index (χ0v) is 12.4. The number of carbonyl (C=O) groups is 2. The number of rotatable bonds is 5. The monoisotopic (exact) mass is 300 g/mol. The highest BCUT2D eigenvalue weighted by Crippen LogP contribution is 2.25. The number of Topliss-reactive ketones (excluding diaryl/α,β-unsaturated/α-hetero) is 1. The zero-order valence-electron chi connectivity index (χ0n) is 11.6. The lowest BCUT2D eigenvalue weighted by atomic mass is 10.1. The fraction of sp³-hybridized carbons (Fsp3) is 0.125. The van der Waals surface area contributed by atoms with Crippen LogP contribution in [0, 0.1) is 0 Å². The first kappa shape index (κ1) is 15.1. The van der Waals surface area contributed by atoms with Gasteiger partial charge in [0.1, 0.15) is 0 Å². The van der Waals surface area contributed by atoms with Crippen molar-refractivity contribution < 1.29 is 9.59 Å². The van der Waals surface area contributed by atoms with E-state index >= 15 is 0 Å². The van der Waals surface area contributed by atoms with Crippen LogP contribution in [0.3, 0.4) is 0 Å². The summed E-state index contributed by atoms with van der Waals surface area (Å²) in [5, 5.41) is 2.66. The number of hydrogen-bond donors (Lipinski definition) is 2. The van der Waals surface area contributed by atoms with Crippen LogP contribution in [0.15, 0.2) is 53.4 Å². The Balaban J connectivity index is 1.97. The Morgan fingerprint density at radius 3 is 2.38 bits per heavy atom. The van der Waals surface area contributed by atoms with E-state index in [0.29, 0.717) is 22.7 Å². The Bertz CT molecular complexity index is 654. The molecule has 0 aliphatic carbocycles. The van der Waals surface area contributed by atoms with Crippen LogP contribution in [0.25, 0.3) is 0 Å². The van der Waals surface area contributed by atoms with Crippen molar-refractivity contribution in [2.75, 3.05) is 16.8 Å². The van der Waals surface area contributed by atoms with Gasteiger partial charge in [-0.25, -0.2) is 0 Å². The van der Waals surface area contributed by atoms with E-state index in [9.17, 15) is 9.59 Å². The molecule has 0 fully saturated rings. The highest BCUT2D eigenvalue weighted by Gasteiger charge is 2.08. The van der Waals surface area contributed by atoms with Crippen LogP contribution >= 0.6 is 11.8 Å². The number of benzene rings is 2. The fourth-order valence-electron chi connectivity index (χ4n) is 1.78. The van der Waals surface area contributed by atoms with E-state index in [2.05, 4.69) is 5.32 Å². The number of nitrogens with two attached hydrogens (primary N) is 1. The SMILES string of the molecule is CC(=O)Nc1ccc(C(=O)CSc2ccccc2N)cc1. The maximum absolute atomic E-state index is 12.1. The average molecular weight is 300 g/mol. The van der Waals surface area contributed by atoms with Gasteiger partial charge in [-0.05, 0) is 36.4 Å². The van der Waals surface area contributed by atoms with Gasteiger partial charge in [0.2, 0.25) is 5.91 Å². The van der Waals surface area contributed by atoms with Crippen molar-refractivity contribution in [1.82, 2.24) is 0 Å². The van der Waals surface area contributed by atoms with Crippen molar-refractivity contribution in [1.29, 1.82) is 0 Å². The summed E-state index contributed by atoms with van der Waals surface area (Å²) in [6, 6.07) is 14.3. The lowest BCUT2D eigenvalue weighted by molar-refractivity contribution is -0.114. The largest absolute Gasteiger partial charge is 0.398 e. The van der Waals surface area contributed by atoms with Crippen molar-refractivity contribution >= 4 is 34.8 Å². The lowest BCUT2D eigenvalue weighted by Crippen LogP contribution is -2.07. The van der Waals surface area contributed by atoms with Crippen LogP contribution in [0.5, 0.6) is 0 Å². The number of nitrogen functional groups attached to an aromatic ring is 1. The highest BCUT2D eigenvalue weighted by molar-refractivity contribution is 8.00. The summed E-state index contributed by atoms with van der Waals surface area (Å²) in [6.07, 6.45) is 0. The van der Waals surface area contributed by atoms with E-state index in [1.54, 1.807) is 24.3 Å². The maximum atomic E-state index is 12.1. The molecule has 0 aromatic heterocycles. The number of para-hydroxylation sites is 1. The van der Waals surface area contributed by atoms with Crippen molar-refractivity contribution in [2.24, 2.45) is 0 Å². The number of ketones is 1. The Labute approximate surface area is 127 Å². The Morgan fingerprint density at radius 2 is 1.76 bits per heavy atom. The summed E-state index contributed by atoms with van der Waals surface area (Å²) >= 11 is 1.42. The molecule has 21 heavy (non-hydrogen) atoms. The lowest BCUT2D eigenvalue weighted by Gasteiger charge is -2.06. The summed E-state index contributed by atoms with van der Waals surface area (Å²) in [6.45, 7) is 1.44. The first-order valence-electron chi connectivity index (χ1n) is 6.44. The van der Waals surface area contributed by atoms with Crippen LogP contribution in [0.2, 0.25) is 0 Å². The molecule has 0 heterocycles. The smallest absolute Gasteiger partial charge is 0.221 e. The minimum absolute atomic E-state index is 0.0256. The van der Waals surface area contributed by atoms with E-state index < -0.39 is 0 Å². The van der Waals surface area contributed by atoms with E-state index in [0.717, 1.165) is 4.90 Å². The van der Waals surface area contributed by atoms with Gasteiger partial charge in [-0.1, -0.05) is 12.1 Å². The molecular weight excluding hydrogens is 284 g/mol. The zero-order chi connectivity index (χ0) is 15.2. The Morgan fingerprint density at radius 1 is 1.10 bits per heavy atom. The number of anilines is 2. The molecule has 3 N–H and O–H groups in total. The molecule has 5 heteroatoms. The summed E-state index contributed by atoms with van der Waals surface area (Å²) in [4.78, 5) is 23.9. The van der Waals surface area contributed by atoms with Gasteiger partial charge >= 0.3 is 0 Å². The molecule has 0 saturated carbocycles. The summed E-state index contributed by atoms with van der Waals surface area (Å²) in [5.74, 6) is 0.218. The molecule has 0 aliphatic heterocycles. The minimum Gasteiger partial charge on any atom is -0.398 e. The molecule has 0 aliphatic rings. The van der Waals surface area contributed by atoms with Gasteiger partial charge < -0.3 is 11.1 Å². The molecule has 2 aromatic rings. The molecule has 0 saturated heterocycles. The van der Waals surface area contributed by atoms with Gasteiger partial charge in [-0.3, -0.25) is 9.59 Å². The van der Waals surface area contributed by atoms with Crippen molar-refractivity contribution in [2.45, 2.75) is 11.8 Å². The summed E-state index contributed by atoms with van der Waals surface area (Å²) in [5.41, 5.74) is 7.81. The van der Waals surface area contributed by atoms with E-state index in [1.165, 1.54) is 18.7 Å². The molecule has 0 radical (unpaired) electrons. The van der Waals surface area contributed by atoms with Crippen molar-refractivity contribution in [3.05, 3.63) is 54.1 Å². The van der Waals surface area contributed by atoms with Crippen LogP contribution < -0.4 is 11.1 Å². The molecule has 0 unspecified atom stereocenters. The third kappa shape index (κ3) is 4.36. The predicted octanol–water partition coefficient (Wildman–Crippen LogP) is 3.20. The van der Waals surface area contributed by atoms with E-state index in [1.807, 2.05) is 24.3 Å². The Kier molecular flexibility index (Phi) is 5.00. The number of carbonyl (C=O) groups excluding carboxylic acids is 2. The van der Waals surface area contributed by atoms with E-state index in [4.69, 9.17) is 5.73 Å². The second-order valence-corrected chi connectivity index (χ2v) is 5.53. The molecule has 0 atom stereocenters. The number of nitrogens with one attached hydrogen (secondary N) is 1. The van der Waals surface area contributed by atoms with Crippen LogP contribution in [-0.4, -0.2) is 17.4 Å². The molecule has 108 valence electrons. The molecular formula is C16H16N2O2S. The highest BCUT2D eigenvalue weighted by atomic mass is 32.2. The topological polar surface area (TPSA) is 72.2 Å². The standard InChI is InChI=1S/C16H16N2O2S/c1-11(19)18-13-8-6-12(7-9-13)15(20)10-21-16-5-3-2-4-14(16)17/h2-9H,10,17H2,1H3,(H,18,19). The number of thioether (sulfide) groups is 1. The van der Waals surface area contributed by atoms with Gasteiger partial charge in [0.25, 0.3) is 0 Å². The van der Waals surface area contributed by atoms with Crippen molar-refractivity contribution in [3.8, 4) is 0 Å². The molecule has 4 nitrogen and oxygen atoms in total. The van der Waals surface area contributed by atoms with Crippen LogP contribution in [-0.2, 0) is 4.79 Å². The van der Waals surface area contributed by atoms with Gasteiger partial charge in [0.15, 0.2) is 5.78 Å². The third-order valence-corrected chi connectivity index (χ3v) is 3.89. The van der Waals surface area contributed by atoms with Gasteiger partial charge in [-0.15, -0.1) is 11.8 Å². The minimum atomic E-state index is -0.135. The normalized spacial score (nSPS) is 10.1. The third-order valence-electron chi connectivity index (χ3n) is 2.81. The predicted molar refractivity (Wildman–Crippen MR) is 86.7 cm³/mol. The summed E-state index contributed by atoms with van der Waals surface area (Å²) in [7, 11) is 0. The van der Waals surface area contributed by atoms with Crippen LogP contribution in [0.1, 0.15) is 17.3 Å². The Hall–Kier alpha value is -2.27. The molecule has 1 amide bonds. The molecule has 0 spiro atoms. The quantitative estimate of drug-likeness (QED) is 0.505.